The minimum Gasteiger partial charge on any atom is -0.466 e. The van der Waals surface area contributed by atoms with Gasteiger partial charge in [-0.15, -0.1) is 0 Å². The predicted molar refractivity (Wildman–Crippen MR) is 85.6 cm³/mol. The highest BCUT2D eigenvalue weighted by Gasteiger charge is 2.36. The van der Waals surface area contributed by atoms with Crippen LogP contribution >= 0.6 is 0 Å². The molecule has 1 aromatic rings. The Hall–Kier alpha value is -2.08. The molecule has 0 spiro atoms. The van der Waals surface area contributed by atoms with E-state index < -0.39 is 11.6 Å². The fraction of sp³-hybridized carbons (Fsp3) is 0.529. The highest BCUT2D eigenvalue weighted by molar-refractivity contribution is 5.72. The minimum atomic E-state index is -0.740. The van der Waals surface area contributed by atoms with Crippen molar-refractivity contribution in [3.8, 4) is 0 Å². The van der Waals surface area contributed by atoms with Gasteiger partial charge in [-0.3, -0.25) is 4.79 Å². The van der Waals surface area contributed by atoms with Gasteiger partial charge in [0.05, 0.1) is 13.0 Å². The lowest BCUT2D eigenvalue weighted by molar-refractivity contribution is -0.145. The summed E-state index contributed by atoms with van der Waals surface area (Å²) in [6, 6.07) is 9.51. The van der Waals surface area contributed by atoms with Gasteiger partial charge in [-0.1, -0.05) is 30.3 Å². The fourth-order valence-corrected chi connectivity index (χ4v) is 2.77. The molecule has 0 aromatic heterocycles. The van der Waals surface area contributed by atoms with Gasteiger partial charge in [-0.2, -0.15) is 0 Å². The molecule has 0 aliphatic carbocycles. The third kappa shape index (κ3) is 5.25. The van der Waals surface area contributed by atoms with Crippen molar-refractivity contribution in [2.75, 3.05) is 19.7 Å². The molecular formula is C17H24N2O4. The van der Waals surface area contributed by atoms with Gasteiger partial charge in [0.15, 0.2) is 0 Å². The quantitative estimate of drug-likeness (QED) is 0.840. The van der Waals surface area contributed by atoms with Crippen LogP contribution < -0.4 is 5.73 Å². The van der Waals surface area contributed by atoms with Gasteiger partial charge in [0, 0.05) is 18.6 Å². The summed E-state index contributed by atoms with van der Waals surface area (Å²) in [5, 5.41) is 0. The normalized spacial score (nSPS) is 20.9. The summed E-state index contributed by atoms with van der Waals surface area (Å²) < 4.78 is 10.3. The number of benzene rings is 1. The summed E-state index contributed by atoms with van der Waals surface area (Å²) >= 11 is 0. The van der Waals surface area contributed by atoms with Crippen LogP contribution in [-0.4, -0.2) is 42.2 Å². The van der Waals surface area contributed by atoms with Gasteiger partial charge >= 0.3 is 12.1 Å². The van der Waals surface area contributed by atoms with E-state index in [0.29, 0.717) is 26.1 Å². The fourth-order valence-electron chi connectivity index (χ4n) is 2.77. The Morgan fingerprint density at radius 3 is 2.70 bits per heavy atom. The molecule has 1 aromatic carbocycles. The molecule has 1 unspecified atom stereocenters. The van der Waals surface area contributed by atoms with Crippen LogP contribution in [0.3, 0.4) is 0 Å². The number of esters is 1. The maximum Gasteiger partial charge on any atom is 0.410 e. The number of carbonyl (C=O) groups excluding carboxylic acids is 2. The highest BCUT2D eigenvalue weighted by atomic mass is 16.6. The lowest BCUT2D eigenvalue weighted by Gasteiger charge is -2.39. The van der Waals surface area contributed by atoms with Crippen molar-refractivity contribution in [1.82, 2.24) is 4.90 Å². The molecule has 0 bridgehead atoms. The van der Waals surface area contributed by atoms with E-state index in [1.165, 1.54) is 0 Å². The van der Waals surface area contributed by atoms with Crippen LogP contribution in [0.2, 0.25) is 0 Å². The standard InChI is InChI=1S/C17H24N2O4/c1-2-22-15(20)11-17(18)9-6-10-19(13-17)16(21)23-12-14-7-4-3-5-8-14/h3-5,7-8H,2,6,9-13,18H2,1H3. The van der Waals surface area contributed by atoms with E-state index in [2.05, 4.69) is 0 Å². The van der Waals surface area contributed by atoms with Crippen LogP contribution in [0.15, 0.2) is 30.3 Å². The molecule has 2 rings (SSSR count). The molecule has 6 heteroatoms. The molecule has 1 aliphatic rings. The van der Waals surface area contributed by atoms with Crippen LogP contribution in [0.25, 0.3) is 0 Å². The molecule has 1 amide bonds. The Morgan fingerprint density at radius 1 is 1.26 bits per heavy atom. The third-order valence-corrected chi connectivity index (χ3v) is 3.87. The van der Waals surface area contributed by atoms with Crippen LogP contribution in [-0.2, 0) is 20.9 Å². The Labute approximate surface area is 136 Å². The van der Waals surface area contributed by atoms with E-state index in [1.54, 1.807) is 11.8 Å². The second-order valence-electron chi connectivity index (χ2n) is 5.91. The first-order valence-electron chi connectivity index (χ1n) is 7.92. The number of rotatable bonds is 5. The number of carbonyl (C=O) groups is 2. The van der Waals surface area contributed by atoms with Gasteiger partial charge < -0.3 is 20.1 Å². The molecule has 23 heavy (non-hydrogen) atoms. The molecule has 6 nitrogen and oxygen atoms in total. The van der Waals surface area contributed by atoms with Crippen LogP contribution in [0.4, 0.5) is 4.79 Å². The third-order valence-electron chi connectivity index (χ3n) is 3.87. The zero-order valence-corrected chi connectivity index (χ0v) is 13.5. The number of amides is 1. The van der Waals surface area contributed by atoms with Crippen molar-refractivity contribution >= 4 is 12.1 Å². The van der Waals surface area contributed by atoms with Crippen molar-refractivity contribution < 1.29 is 19.1 Å². The Bertz CT molecular complexity index is 535. The molecular weight excluding hydrogens is 296 g/mol. The average Bonchev–Trinajstić information content (AvgIpc) is 2.53. The highest BCUT2D eigenvalue weighted by Crippen LogP contribution is 2.23. The predicted octanol–water partition coefficient (Wildman–Crippen LogP) is 2.07. The van der Waals surface area contributed by atoms with E-state index in [4.69, 9.17) is 15.2 Å². The van der Waals surface area contributed by atoms with E-state index in [0.717, 1.165) is 12.0 Å². The van der Waals surface area contributed by atoms with Crippen molar-refractivity contribution in [1.29, 1.82) is 0 Å². The summed E-state index contributed by atoms with van der Waals surface area (Å²) in [4.78, 5) is 25.4. The van der Waals surface area contributed by atoms with E-state index in [-0.39, 0.29) is 19.0 Å². The zero-order valence-electron chi connectivity index (χ0n) is 13.5. The largest absolute Gasteiger partial charge is 0.466 e. The first-order chi connectivity index (χ1) is 11.0. The maximum absolute atomic E-state index is 12.2. The lowest BCUT2D eigenvalue weighted by atomic mass is 9.87. The second kappa shape index (κ2) is 7.97. The maximum atomic E-state index is 12.2. The minimum absolute atomic E-state index is 0.114. The summed E-state index contributed by atoms with van der Waals surface area (Å²) in [6.07, 6.45) is 1.15. The molecule has 1 aliphatic heterocycles. The van der Waals surface area contributed by atoms with Gasteiger partial charge in [-0.05, 0) is 25.3 Å². The SMILES string of the molecule is CCOC(=O)CC1(N)CCCN(C(=O)OCc2ccccc2)C1. The first kappa shape index (κ1) is 17.3. The zero-order chi connectivity index (χ0) is 16.7. The van der Waals surface area contributed by atoms with Crippen molar-refractivity contribution in [2.24, 2.45) is 5.73 Å². The lowest BCUT2D eigenvalue weighted by Crippen LogP contribution is -2.56. The molecule has 2 N–H and O–H groups in total. The van der Waals surface area contributed by atoms with Gasteiger partial charge in [-0.25, -0.2) is 4.79 Å². The van der Waals surface area contributed by atoms with Crippen LogP contribution in [0.5, 0.6) is 0 Å². The molecule has 1 fully saturated rings. The van der Waals surface area contributed by atoms with E-state index in [1.807, 2.05) is 30.3 Å². The first-order valence-corrected chi connectivity index (χ1v) is 7.92. The van der Waals surface area contributed by atoms with Gasteiger partial charge in [0.1, 0.15) is 6.61 Å². The van der Waals surface area contributed by atoms with Crippen molar-refractivity contribution in [2.45, 2.75) is 38.3 Å². The second-order valence-corrected chi connectivity index (χ2v) is 5.91. The Balaban J connectivity index is 1.87. The van der Waals surface area contributed by atoms with E-state index in [9.17, 15) is 9.59 Å². The van der Waals surface area contributed by atoms with Crippen LogP contribution in [0, 0.1) is 0 Å². The number of hydrogen-bond acceptors (Lipinski definition) is 5. The summed E-state index contributed by atoms with van der Waals surface area (Å²) in [7, 11) is 0. The number of nitrogens with two attached hydrogens (primary N) is 1. The Morgan fingerprint density at radius 2 is 2.00 bits per heavy atom. The summed E-state index contributed by atoms with van der Waals surface area (Å²) in [6.45, 7) is 3.22. The number of nitrogens with zero attached hydrogens (tertiary/aromatic N) is 1. The molecule has 126 valence electrons. The smallest absolute Gasteiger partial charge is 0.410 e. The van der Waals surface area contributed by atoms with Crippen molar-refractivity contribution in [3.63, 3.8) is 0 Å². The number of likely N-dealkylation sites (tertiary alicyclic amines) is 1. The van der Waals surface area contributed by atoms with E-state index >= 15 is 0 Å². The van der Waals surface area contributed by atoms with Crippen LogP contribution in [0.1, 0.15) is 31.7 Å². The molecule has 0 radical (unpaired) electrons. The topological polar surface area (TPSA) is 81.9 Å². The Kier molecular flexibility index (Phi) is 5.98. The summed E-state index contributed by atoms with van der Waals surface area (Å²) in [5.41, 5.74) is 6.47. The average molecular weight is 320 g/mol. The monoisotopic (exact) mass is 320 g/mol. The van der Waals surface area contributed by atoms with Gasteiger partial charge in [0.2, 0.25) is 0 Å². The molecule has 1 atom stereocenters. The molecule has 1 saturated heterocycles. The molecule has 0 saturated carbocycles. The molecule has 1 heterocycles. The number of hydrogen-bond donors (Lipinski definition) is 1. The number of ether oxygens (including phenoxy) is 2. The number of piperidine rings is 1. The van der Waals surface area contributed by atoms with Crippen molar-refractivity contribution in [3.05, 3.63) is 35.9 Å². The van der Waals surface area contributed by atoms with Gasteiger partial charge in [0.25, 0.3) is 0 Å². The summed E-state index contributed by atoms with van der Waals surface area (Å²) in [5.74, 6) is -0.325.